The standard InChI is InChI=1S/C22H29ClO4/c1-15(2)16-8-7-9-17(12-16)27-14-19-18(20(23)13-21(19)24)10-5-3-4-6-11-22(25)26/h3,5,7-9,12,18-21,24H,1,4,6,10-11,13-14H2,2H3,(H,25,26)/b5-3-/t18-,19-,20-,21-/m1/s1. The first kappa shape index (κ1) is 21.5. The van der Waals surface area contributed by atoms with Crippen molar-refractivity contribution in [3.05, 3.63) is 48.6 Å². The molecule has 0 spiro atoms. The Kier molecular flexibility index (Phi) is 8.39. The van der Waals surface area contributed by atoms with Crippen LogP contribution in [0.4, 0.5) is 0 Å². The van der Waals surface area contributed by atoms with Gasteiger partial charge in [-0.2, -0.15) is 0 Å². The molecule has 1 saturated carbocycles. The van der Waals surface area contributed by atoms with Crippen LogP contribution in [0.3, 0.4) is 0 Å². The second kappa shape index (κ2) is 10.5. The number of halogens is 1. The molecule has 2 rings (SSSR count). The number of aliphatic hydroxyl groups is 1. The number of carboxylic acid groups (broad SMARTS) is 1. The minimum Gasteiger partial charge on any atom is -0.493 e. The maximum Gasteiger partial charge on any atom is 0.303 e. The van der Waals surface area contributed by atoms with E-state index in [1.54, 1.807) is 0 Å². The van der Waals surface area contributed by atoms with Crippen LogP contribution in [0.15, 0.2) is 43.0 Å². The number of carbonyl (C=O) groups is 1. The largest absolute Gasteiger partial charge is 0.493 e. The number of hydrogen-bond acceptors (Lipinski definition) is 3. The van der Waals surface area contributed by atoms with Crippen molar-refractivity contribution in [2.24, 2.45) is 11.8 Å². The fourth-order valence-corrected chi connectivity index (χ4v) is 3.95. The van der Waals surface area contributed by atoms with E-state index in [0.717, 1.165) is 29.7 Å². The molecule has 0 aliphatic heterocycles. The Morgan fingerprint density at radius 3 is 2.85 bits per heavy atom. The minimum atomic E-state index is -0.768. The molecule has 0 aromatic heterocycles. The van der Waals surface area contributed by atoms with Gasteiger partial charge in [-0.1, -0.05) is 36.4 Å². The highest BCUT2D eigenvalue weighted by Gasteiger charge is 2.41. The zero-order valence-electron chi connectivity index (χ0n) is 15.8. The number of aliphatic hydroxyl groups excluding tert-OH is 1. The van der Waals surface area contributed by atoms with Crippen molar-refractivity contribution >= 4 is 23.1 Å². The monoisotopic (exact) mass is 392 g/mol. The number of benzene rings is 1. The van der Waals surface area contributed by atoms with Gasteiger partial charge in [0.1, 0.15) is 5.75 Å². The average molecular weight is 393 g/mol. The van der Waals surface area contributed by atoms with Crippen LogP contribution in [0.5, 0.6) is 5.75 Å². The summed E-state index contributed by atoms with van der Waals surface area (Å²) in [6.07, 6.45) is 6.47. The zero-order chi connectivity index (χ0) is 19.8. The van der Waals surface area contributed by atoms with E-state index < -0.39 is 12.1 Å². The van der Waals surface area contributed by atoms with E-state index in [1.165, 1.54) is 0 Å². The molecule has 27 heavy (non-hydrogen) atoms. The van der Waals surface area contributed by atoms with Gasteiger partial charge in [0, 0.05) is 17.7 Å². The lowest BCUT2D eigenvalue weighted by atomic mass is 9.92. The minimum absolute atomic E-state index is 0.0235. The van der Waals surface area contributed by atoms with Crippen molar-refractivity contribution in [2.45, 2.75) is 50.5 Å². The van der Waals surface area contributed by atoms with Crippen LogP contribution in [0, 0.1) is 11.8 Å². The third kappa shape index (κ3) is 6.71. The molecule has 0 heterocycles. The van der Waals surface area contributed by atoms with Crippen LogP contribution < -0.4 is 4.74 Å². The van der Waals surface area contributed by atoms with E-state index in [1.807, 2.05) is 37.3 Å². The molecule has 0 radical (unpaired) electrons. The van der Waals surface area contributed by atoms with E-state index in [2.05, 4.69) is 12.7 Å². The maximum atomic E-state index is 10.5. The van der Waals surface area contributed by atoms with Crippen molar-refractivity contribution in [3.63, 3.8) is 0 Å². The molecule has 0 bridgehead atoms. The van der Waals surface area contributed by atoms with E-state index in [0.29, 0.717) is 19.4 Å². The van der Waals surface area contributed by atoms with Crippen molar-refractivity contribution in [1.29, 1.82) is 0 Å². The molecule has 1 aromatic carbocycles. The molecule has 2 N–H and O–H groups in total. The molecule has 0 unspecified atom stereocenters. The molecule has 1 aliphatic carbocycles. The maximum absolute atomic E-state index is 10.5. The van der Waals surface area contributed by atoms with Crippen LogP contribution >= 0.6 is 11.6 Å². The molecule has 148 valence electrons. The van der Waals surface area contributed by atoms with Gasteiger partial charge in [-0.15, -0.1) is 11.6 Å². The van der Waals surface area contributed by atoms with Crippen molar-refractivity contribution in [1.82, 2.24) is 0 Å². The van der Waals surface area contributed by atoms with Gasteiger partial charge < -0.3 is 14.9 Å². The van der Waals surface area contributed by atoms with Crippen molar-refractivity contribution in [3.8, 4) is 5.75 Å². The lowest BCUT2D eigenvalue weighted by molar-refractivity contribution is -0.137. The van der Waals surface area contributed by atoms with Gasteiger partial charge >= 0.3 is 5.97 Å². The van der Waals surface area contributed by atoms with Gasteiger partial charge in [0.25, 0.3) is 0 Å². The number of aliphatic carboxylic acids is 1. The number of carboxylic acids is 1. The first-order valence-corrected chi connectivity index (χ1v) is 9.89. The molecular weight excluding hydrogens is 364 g/mol. The Hall–Kier alpha value is -1.78. The van der Waals surface area contributed by atoms with Crippen LogP contribution in [0.1, 0.15) is 44.6 Å². The van der Waals surface area contributed by atoms with Crippen LogP contribution in [0.2, 0.25) is 0 Å². The summed E-state index contributed by atoms with van der Waals surface area (Å²) >= 11 is 6.46. The molecule has 4 nitrogen and oxygen atoms in total. The summed E-state index contributed by atoms with van der Waals surface area (Å²) in [5, 5.41) is 19.0. The number of hydrogen-bond donors (Lipinski definition) is 2. The van der Waals surface area contributed by atoms with Gasteiger partial charge in [0.15, 0.2) is 0 Å². The zero-order valence-corrected chi connectivity index (χ0v) is 16.6. The first-order valence-electron chi connectivity index (χ1n) is 9.46. The quantitative estimate of drug-likeness (QED) is 0.337. The van der Waals surface area contributed by atoms with E-state index in [9.17, 15) is 9.90 Å². The predicted octanol–water partition coefficient (Wildman–Crippen LogP) is 4.90. The van der Waals surface area contributed by atoms with E-state index >= 15 is 0 Å². The predicted molar refractivity (Wildman–Crippen MR) is 109 cm³/mol. The van der Waals surface area contributed by atoms with Gasteiger partial charge in [-0.25, -0.2) is 0 Å². The second-order valence-electron chi connectivity index (χ2n) is 7.26. The topological polar surface area (TPSA) is 66.8 Å². The highest BCUT2D eigenvalue weighted by molar-refractivity contribution is 6.21. The van der Waals surface area contributed by atoms with Crippen LogP contribution in [-0.4, -0.2) is 34.3 Å². The number of ether oxygens (including phenoxy) is 1. The second-order valence-corrected chi connectivity index (χ2v) is 7.82. The van der Waals surface area contributed by atoms with Gasteiger partial charge in [0.2, 0.25) is 0 Å². The summed E-state index contributed by atoms with van der Waals surface area (Å²) < 4.78 is 5.95. The van der Waals surface area contributed by atoms with Gasteiger partial charge in [-0.05, 0) is 56.2 Å². The Labute approximate surface area is 166 Å². The molecule has 0 saturated heterocycles. The third-order valence-electron chi connectivity index (χ3n) is 5.08. The normalized spacial score (nSPS) is 25.0. The number of unbranched alkanes of at least 4 members (excludes halogenated alkanes) is 1. The summed E-state index contributed by atoms with van der Waals surface area (Å²) in [7, 11) is 0. The summed E-state index contributed by atoms with van der Waals surface area (Å²) in [4.78, 5) is 10.5. The lowest BCUT2D eigenvalue weighted by Crippen LogP contribution is -2.27. The van der Waals surface area contributed by atoms with E-state index in [-0.39, 0.29) is 23.6 Å². The Balaban J connectivity index is 1.89. The highest BCUT2D eigenvalue weighted by Crippen LogP contribution is 2.39. The van der Waals surface area contributed by atoms with Gasteiger partial charge in [0.05, 0.1) is 12.7 Å². The highest BCUT2D eigenvalue weighted by atomic mass is 35.5. The Bertz CT molecular complexity index is 670. The molecule has 1 aromatic rings. The number of rotatable bonds is 10. The van der Waals surface area contributed by atoms with E-state index in [4.69, 9.17) is 21.4 Å². The summed E-state index contributed by atoms with van der Waals surface area (Å²) in [5.74, 6) is 0.117. The number of alkyl halides is 1. The van der Waals surface area contributed by atoms with Crippen molar-refractivity contribution in [2.75, 3.05) is 6.61 Å². The SMILES string of the molecule is C=C(C)c1cccc(OC[C@@H]2[C@@H](C/C=C\CCCC(=O)O)[C@H](Cl)C[C@H]2O)c1. The third-order valence-corrected chi connectivity index (χ3v) is 5.58. The molecule has 1 aliphatic rings. The van der Waals surface area contributed by atoms with Crippen molar-refractivity contribution < 1.29 is 19.7 Å². The summed E-state index contributed by atoms with van der Waals surface area (Å²) in [6.45, 7) is 6.32. The average Bonchev–Trinajstić information content (AvgIpc) is 2.89. The molecule has 0 amide bonds. The fourth-order valence-electron chi connectivity index (χ4n) is 3.48. The van der Waals surface area contributed by atoms with Crippen LogP contribution in [-0.2, 0) is 4.79 Å². The molecule has 1 fully saturated rings. The fraction of sp³-hybridized carbons (Fsp3) is 0.500. The number of allylic oxidation sites excluding steroid dienone is 3. The lowest BCUT2D eigenvalue weighted by Gasteiger charge is -2.22. The summed E-state index contributed by atoms with van der Waals surface area (Å²) in [6, 6.07) is 7.79. The molecule has 4 atom stereocenters. The van der Waals surface area contributed by atoms with Crippen LogP contribution in [0.25, 0.3) is 5.57 Å². The van der Waals surface area contributed by atoms with Gasteiger partial charge in [-0.3, -0.25) is 4.79 Å². The smallest absolute Gasteiger partial charge is 0.303 e. The summed E-state index contributed by atoms with van der Waals surface area (Å²) in [5.41, 5.74) is 2.02. The first-order chi connectivity index (χ1) is 12.9. The molecular formula is C22H29ClO4. The Morgan fingerprint density at radius 1 is 1.37 bits per heavy atom. The Morgan fingerprint density at radius 2 is 2.15 bits per heavy atom. The molecule has 5 heteroatoms.